The average Bonchev–Trinajstić information content (AvgIpc) is 2.80. The molecular formula is C16H21NO3. The minimum absolute atomic E-state index is 0.0378. The Morgan fingerprint density at radius 3 is 2.55 bits per heavy atom. The summed E-state index contributed by atoms with van der Waals surface area (Å²) in [5.41, 5.74) is 2.31. The first kappa shape index (κ1) is 14.6. The zero-order valence-electron chi connectivity index (χ0n) is 12.0. The number of aryl methyl sites for hydroxylation is 2. The molecule has 0 aromatic heterocycles. The highest BCUT2D eigenvalue weighted by Gasteiger charge is 2.38. The number of hydrogen-bond acceptors (Lipinski definition) is 2. The maximum Gasteiger partial charge on any atom is 0.326 e. The maximum atomic E-state index is 12.2. The van der Waals surface area contributed by atoms with Crippen molar-refractivity contribution >= 4 is 11.9 Å². The van der Waals surface area contributed by atoms with Gasteiger partial charge in [0.05, 0.1) is 0 Å². The summed E-state index contributed by atoms with van der Waals surface area (Å²) in [4.78, 5) is 25.0. The van der Waals surface area contributed by atoms with Crippen LogP contribution in [-0.4, -0.2) is 34.5 Å². The molecule has 1 aromatic rings. The average molecular weight is 275 g/mol. The normalized spacial score (nSPS) is 22.0. The highest BCUT2D eigenvalue weighted by Crippen LogP contribution is 2.25. The molecule has 2 unspecified atom stereocenters. The quantitative estimate of drug-likeness (QED) is 0.917. The lowest BCUT2D eigenvalue weighted by atomic mass is 10.0. The van der Waals surface area contributed by atoms with E-state index in [-0.39, 0.29) is 11.8 Å². The summed E-state index contributed by atoms with van der Waals surface area (Å²) in [6, 6.07) is 7.43. The van der Waals surface area contributed by atoms with Crippen molar-refractivity contribution in [3.8, 4) is 0 Å². The van der Waals surface area contributed by atoms with E-state index >= 15 is 0 Å². The Balaban J connectivity index is 1.94. The smallest absolute Gasteiger partial charge is 0.326 e. The van der Waals surface area contributed by atoms with E-state index in [0.29, 0.717) is 19.4 Å². The van der Waals surface area contributed by atoms with Crippen molar-refractivity contribution in [2.24, 2.45) is 5.92 Å². The number of carbonyl (C=O) groups excluding carboxylic acids is 1. The molecule has 1 N–H and O–H groups in total. The predicted molar refractivity (Wildman–Crippen MR) is 76.4 cm³/mol. The van der Waals surface area contributed by atoms with Gasteiger partial charge in [0.15, 0.2) is 0 Å². The lowest BCUT2D eigenvalue weighted by Gasteiger charge is -2.23. The zero-order chi connectivity index (χ0) is 14.7. The van der Waals surface area contributed by atoms with Crippen LogP contribution in [0.25, 0.3) is 0 Å². The van der Waals surface area contributed by atoms with E-state index in [0.717, 1.165) is 12.0 Å². The molecule has 1 aliphatic heterocycles. The lowest BCUT2D eigenvalue weighted by molar-refractivity contribution is -0.149. The molecule has 0 bridgehead atoms. The van der Waals surface area contributed by atoms with Crippen molar-refractivity contribution < 1.29 is 14.7 Å². The van der Waals surface area contributed by atoms with Crippen LogP contribution in [0.2, 0.25) is 0 Å². The fourth-order valence-electron chi connectivity index (χ4n) is 2.75. The summed E-state index contributed by atoms with van der Waals surface area (Å²) in [7, 11) is 0. The van der Waals surface area contributed by atoms with Gasteiger partial charge in [-0.1, -0.05) is 36.8 Å². The van der Waals surface area contributed by atoms with Crippen LogP contribution in [0.15, 0.2) is 24.3 Å². The number of nitrogens with zero attached hydrogens (tertiary/aromatic N) is 1. The summed E-state index contributed by atoms with van der Waals surface area (Å²) in [6.45, 7) is 4.48. The molecule has 0 aliphatic carbocycles. The summed E-state index contributed by atoms with van der Waals surface area (Å²) in [5, 5.41) is 9.22. The van der Waals surface area contributed by atoms with Crippen LogP contribution in [0.1, 0.15) is 30.9 Å². The van der Waals surface area contributed by atoms with Gasteiger partial charge in [-0.2, -0.15) is 0 Å². The molecule has 4 heteroatoms. The number of rotatable bonds is 4. The van der Waals surface area contributed by atoms with Crippen LogP contribution in [0.4, 0.5) is 0 Å². The number of carboxylic acids is 1. The molecule has 2 rings (SSSR count). The molecule has 108 valence electrons. The molecule has 1 heterocycles. The largest absolute Gasteiger partial charge is 0.480 e. The number of aliphatic carboxylic acids is 1. The minimum atomic E-state index is -0.890. The van der Waals surface area contributed by atoms with E-state index in [1.165, 1.54) is 10.5 Å². The van der Waals surface area contributed by atoms with Crippen molar-refractivity contribution in [1.29, 1.82) is 0 Å². The third-order valence-corrected chi connectivity index (χ3v) is 4.02. The molecule has 4 nitrogen and oxygen atoms in total. The van der Waals surface area contributed by atoms with Gasteiger partial charge in [-0.15, -0.1) is 0 Å². The second-order valence-electron chi connectivity index (χ2n) is 5.62. The molecule has 1 amide bonds. The third-order valence-electron chi connectivity index (χ3n) is 4.02. The topological polar surface area (TPSA) is 57.6 Å². The minimum Gasteiger partial charge on any atom is -0.480 e. The van der Waals surface area contributed by atoms with Gasteiger partial charge in [-0.05, 0) is 31.2 Å². The number of amides is 1. The second-order valence-corrected chi connectivity index (χ2v) is 5.62. The summed E-state index contributed by atoms with van der Waals surface area (Å²) in [5.74, 6) is -0.906. The van der Waals surface area contributed by atoms with Gasteiger partial charge in [-0.3, -0.25) is 4.79 Å². The van der Waals surface area contributed by atoms with Gasteiger partial charge in [0.2, 0.25) is 5.91 Å². The standard InChI is InChI=1S/C16H21NO3/c1-11-3-5-13(6-4-11)7-8-14(18)17-10-9-12(2)15(17)16(19)20/h3-6,12,15H,7-10H2,1-2H3,(H,19,20). The fourth-order valence-corrected chi connectivity index (χ4v) is 2.75. The summed E-state index contributed by atoms with van der Waals surface area (Å²) >= 11 is 0. The van der Waals surface area contributed by atoms with Crippen molar-refractivity contribution in [2.75, 3.05) is 6.54 Å². The molecule has 0 saturated carbocycles. The van der Waals surface area contributed by atoms with Gasteiger partial charge in [-0.25, -0.2) is 4.79 Å². The van der Waals surface area contributed by atoms with Gasteiger partial charge in [0.1, 0.15) is 6.04 Å². The summed E-state index contributed by atoms with van der Waals surface area (Å²) in [6.07, 6.45) is 1.81. The van der Waals surface area contributed by atoms with Gasteiger partial charge >= 0.3 is 5.97 Å². The number of carbonyl (C=O) groups is 2. The third kappa shape index (κ3) is 3.18. The molecule has 1 saturated heterocycles. The predicted octanol–water partition coefficient (Wildman–Crippen LogP) is 2.25. The fraction of sp³-hybridized carbons (Fsp3) is 0.500. The van der Waals surface area contributed by atoms with E-state index in [2.05, 4.69) is 0 Å². The van der Waals surface area contributed by atoms with Gasteiger partial charge in [0, 0.05) is 13.0 Å². The first-order valence-corrected chi connectivity index (χ1v) is 7.07. The molecule has 20 heavy (non-hydrogen) atoms. The molecule has 1 aromatic carbocycles. The first-order valence-electron chi connectivity index (χ1n) is 7.07. The number of benzene rings is 1. The molecule has 0 spiro atoms. The second kappa shape index (κ2) is 6.07. The van der Waals surface area contributed by atoms with Crippen LogP contribution in [0.5, 0.6) is 0 Å². The van der Waals surface area contributed by atoms with E-state index in [1.54, 1.807) is 0 Å². The first-order chi connectivity index (χ1) is 9.49. The maximum absolute atomic E-state index is 12.2. The molecule has 2 atom stereocenters. The van der Waals surface area contributed by atoms with Crippen LogP contribution < -0.4 is 0 Å². The summed E-state index contributed by atoms with van der Waals surface area (Å²) < 4.78 is 0. The van der Waals surface area contributed by atoms with E-state index in [1.807, 2.05) is 38.1 Å². The number of carboxylic acid groups (broad SMARTS) is 1. The van der Waals surface area contributed by atoms with Crippen molar-refractivity contribution in [1.82, 2.24) is 4.90 Å². The Bertz CT molecular complexity index is 495. The zero-order valence-corrected chi connectivity index (χ0v) is 12.0. The van der Waals surface area contributed by atoms with E-state index in [9.17, 15) is 14.7 Å². The van der Waals surface area contributed by atoms with Crippen LogP contribution in [-0.2, 0) is 16.0 Å². The Kier molecular flexibility index (Phi) is 4.42. The van der Waals surface area contributed by atoms with Gasteiger partial charge < -0.3 is 10.0 Å². The van der Waals surface area contributed by atoms with Crippen LogP contribution >= 0.6 is 0 Å². The van der Waals surface area contributed by atoms with Crippen molar-refractivity contribution in [3.05, 3.63) is 35.4 Å². The molecule has 1 aliphatic rings. The molecule has 0 radical (unpaired) electrons. The number of hydrogen-bond donors (Lipinski definition) is 1. The van der Waals surface area contributed by atoms with E-state index < -0.39 is 12.0 Å². The Morgan fingerprint density at radius 1 is 1.30 bits per heavy atom. The van der Waals surface area contributed by atoms with E-state index in [4.69, 9.17) is 0 Å². The van der Waals surface area contributed by atoms with Crippen molar-refractivity contribution in [2.45, 2.75) is 39.2 Å². The Labute approximate surface area is 119 Å². The molecular weight excluding hydrogens is 254 g/mol. The van der Waals surface area contributed by atoms with Crippen molar-refractivity contribution in [3.63, 3.8) is 0 Å². The molecule has 1 fully saturated rings. The van der Waals surface area contributed by atoms with Crippen LogP contribution in [0, 0.1) is 12.8 Å². The monoisotopic (exact) mass is 275 g/mol. The SMILES string of the molecule is Cc1ccc(CCC(=O)N2CCC(C)C2C(=O)O)cc1. The highest BCUT2D eigenvalue weighted by atomic mass is 16.4. The Morgan fingerprint density at radius 2 is 1.95 bits per heavy atom. The number of likely N-dealkylation sites (tertiary alicyclic amines) is 1. The van der Waals surface area contributed by atoms with Crippen LogP contribution in [0.3, 0.4) is 0 Å². The van der Waals surface area contributed by atoms with Gasteiger partial charge in [0.25, 0.3) is 0 Å². The highest BCUT2D eigenvalue weighted by molar-refractivity contribution is 5.84. The Hall–Kier alpha value is -1.84. The lowest BCUT2D eigenvalue weighted by Crippen LogP contribution is -2.42.